The van der Waals surface area contributed by atoms with Crippen molar-refractivity contribution < 1.29 is 9.47 Å². The quantitative estimate of drug-likeness (QED) is 0.690. The van der Waals surface area contributed by atoms with Gasteiger partial charge in [0.05, 0.1) is 23.9 Å². The molecule has 4 nitrogen and oxygen atoms in total. The smallest absolute Gasteiger partial charge is 0.190 e. The molecule has 0 amide bonds. The van der Waals surface area contributed by atoms with Crippen LogP contribution in [0, 0.1) is 5.92 Å². The molecule has 0 aromatic heterocycles. The molecule has 6 heteroatoms. The highest BCUT2D eigenvalue weighted by molar-refractivity contribution is 6.35. The van der Waals surface area contributed by atoms with Gasteiger partial charge < -0.3 is 9.47 Å². The number of halogens is 2. The van der Waals surface area contributed by atoms with E-state index in [0.29, 0.717) is 10.0 Å². The van der Waals surface area contributed by atoms with Crippen LogP contribution in [0.5, 0.6) is 11.5 Å². The lowest BCUT2D eigenvalue weighted by Gasteiger charge is -2.40. The molecular weight excluding hydrogens is 371 g/mol. The first-order chi connectivity index (χ1) is 12.5. The largest absolute Gasteiger partial charge is 0.497 e. The van der Waals surface area contributed by atoms with Crippen molar-refractivity contribution in [1.29, 1.82) is 0 Å². The van der Waals surface area contributed by atoms with Crippen molar-refractivity contribution in [2.75, 3.05) is 7.11 Å². The van der Waals surface area contributed by atoms with E-state index in [2.05, 4.69) is 18.9 Å². The van der Waals surface area contributed by atoms with Gasteiger partial charge in [0, 0.05) is 22.9 Å². The van der Waals surface area contributed by atoms with Gasteiger partial charge in [-0.2, -0.15) is 5.10 Å². The summed E-state index contributed by atoms with van der Waals surface area (Å²) in [5.41, 5.74) is 3.10. The Morgan fingerprint density at radius 3 is 2.58 bits per heavy atom. The molecule has 0 saturated heterocycles. The van der Waals surface area contributed by atoms with Gasteiger partial charge in [0.1, 0.15) is 11.5 Å². The molecule has 2 aromatic carbocycles. The van der Waals surface area contributed by atoms with Gasteiger partial charge in [-0.15, -0.1) is 0 Å². The van der Waals surface area contributed by atoms with Crippen molar-refractivity contribution in [2.45, 2.75) is 32.5 Å². The molecule has 0 spiro atoms. The predicted molar refractivity (Wildman–Crippen MR) is 104 cm³/mol. The lowest BCUT2D eigenvalue weighted by Crippen LogP contribution is -2.43. The van der Waals surface area contributed by atoms with Gasteiger partial charge in [-0.25, -0.2) is 5.01 Å². The fourth-order valence-corrected chi connectivity index (χ4v) is 4.09. The normalized spacial score (nSPS) is 21.2. The maximum Gasteiger partial charge on any atom is 0.190 e. The van der Waals surface area contributed by atoms with E-state index in [1.54, 1.807) is 13.2 Å². The molecule has 2 atom stereocenters. The van der Waals surface area contributed by atoms with Crippen LogP contribution in [0.25, 0.3) is 0 Å². The van der Waals surface area contributed by atoms with Gasteiger partial charge in [-0.1, -0.05) is 37.0 Å². The molecule has 0 N–H and O–H groups in total. The lowest BCUT2D eigenvalue weighted by molar-refractivity contribution is -0.0460. The molecule has 4 rings (SSSR count). The number of nitrogens with zero attached hydrogens (tertiary/aromatic N) is 2. The third-order valence-corrected chi connectivity index (χ3v) is 5.33. The van der Waals surface area contributed by atoms with Crippen LogP contribution in [0.4, 0.5) is 0 Å². The van der Waals surface area contributed by atoms with Crippen LogP contribution in [0.1, 0.15) is 37.4 Å². The molecular formula is C20H20Cl2N2O2. The van der Waals surface area contributed by atoms with Crippen LogP contribution in [0.15, 0.2) is 41.5 Å². The molecule has 26 heavy (non-hydrogen) atoms. The van der Waals surface area contributed by atoms with Gasteiger partial charge in [0.15, 0.2) is 6.23 Å². The Kier molecular flexibility index (Phi) is 4.49. The minimum absolute atomic E-state index is 0.0689. The number of methoxy groups -OCH3 is 1. The van der Waals surface area contributed by atoms with E-state index in [4.69, 9.17) is 37.8 Å². The molecule has 2 aliphatic rings. The van der Waals surface area contributed by atoms with Crippen molar-refractivity contribution in [2.24, 2.45) is 11.0 Å². The van der Waals surface area contributed by atoms with Crippen molar-refractivity contribution in [3.63, 3.8) is 0 Å². The molecule has 0 unspecified atom stereocenters. The predicted octanol–water partition coefficient (Wildman–Crippen LogP) is 5.53. The van der Waals surface area contributed by atoms with Gasteiger partial charge in [0.25, 0.3) is 0 Å². The minimum Gasteiger partial charge on any atom is -0.497 e. The summed E-state index contributed by atoms with van der Waals surface area (Å²) in [7, 11) is 1.66. The number of ether oxygens (including phenoxy) is 2. The SMILES string of the molecule is COc1ccc(C2=NN3[C@H](C2)c2cc(Cl)cc(Cl)c2O[C@@H]3C(C)C)cc1. The van der Waals surface area contributed by atoms with E-state index in [0.717, 1.165) is 34.8 Å². The summed E-state index contributed by atoms with van der Waals surface area (Å²) in [6.07, 6.45) is 0.615. The molecule has 0 aliphatic carbocycles. The van der Waals surface area contributed by atoms with Gasteiger partial charge in [-0.3, -0.25) is 0 Å². The second kappa shape index (κ2) is 6.67. The fourth-order valence-electron chi connectivity index (χ4n) is 3.54. The van der Waals surface area contributed by atoms with Crippen LogP contribution >= 0.6 is 23.2 Å². The Labute approximate surface area is 163 Å². The average Bonchev–Trinajstić information content (AvgIpc) is 3.06. The van der Waals surface area contributed by atoms with Crippen molar-refractivity contribution >= 4 is 28.9 Å². The summed E-state index contributed by atoms with van der Waals surface area (Å²) in [6, 6.07) is 11.7. The maximum atomic E-state index is 6.42. The third kappa shape index (κ3) is 2.91. The zero-order chi connectivity index (χ0) is 18.4. The second-order valence-electron chi connectivity index (χ2n) is 6.93. The standard InChI is InChI=1S/C20H20Cl2N2O2/c1-11(2)20-24-18(15-8-13(21)9-16(22)19(15)26-20)10-17(23-24)12-4-6-14(25-3)7-5-12/h4-9,11,18,20H,10H2,1-3H3/t18-,20-/m1/s1. The fraction of sp³-hybridized carbons (Fsp3) is 0.350. The van der Waals surface area contributed by atoms with Gasteiger partial charge >= 0.3 is 0 Å². The molecule has 0 saturated carbocycles. The number of hydrogen-bond acceptors (Lipinski definition) is 4. The number of rotatable bonds is 3. The molecule has 2 aliphatic heterocycles. The van der Waals surface area contributed by atoms with E-state index in [-0.39, 0.29) is 18.2 Å². The molecule has 2 aromatic rings. The van der Waals surface area contributed by atoms with E-state index < -0.39 is 0 Å². The zero-order valence-electron chi connectivity index (χ0n) is 14.9. The molecule has 0 fully saturated rings. The van der Waals surface area contributed by atoms with Crippen LogP contribution < -0.4 is 9.47 Å². The Morgan fingerprint density at radius 2 is 1.92 bits per heavy atom. The van der Waals surface area contributed by atoms with Crippen molar-refractivity contribution in [3.8, 4) is 11.5 Å². The highest BCUT2D eigenvalue weighted by Crippen LogP contribution is 2.48. The number of benzene rings is 2. The third-order valence-electron chi connectivity index (χ3n) is 4.83. The first-order valence-corrected chi connectivity index (χ1v) is 9.39. The van der Waals surface area contributed by atoms with E-state index in [1.807, 2.05) is 30.3 Å². The molecule has 136 valence electrons. The van der Waals surface area contributed by atoms with Crippen LogP contribution in [0.2, 0.25) is 10.0 Å². The summed E-state index contributed by atoms with van der Waals surface area (Å²) in [4.78, 5) is 0. The van der Waals surface area contributed by atoms with Gasteiger partial charge in [0.2, 0.25) is 0 Å². The number of fused-ring (bicyclic) bond motifs is 3. The Bertz CT molecular complexity index is 865. The molecule has 0 bridgehead atoms. The van der Waals surface area contributed by atoms with Crippen molar-refractivity contribution in [3.05, 3.63) is 57.6 Å². The summed E-state index contributed by atoms with van der Waals surface area (Å²) in [6.45, 7) is 4.24. The number of hydrogen-bond donors (Lipinski definition) is 0. The second-order valence-corrected chi connectivity index (χ2v) is 7.78. The Balaban J connectivity index is 1.75. The summed E-state index contributed by atoms with van der Waals surface area (Å²) < 4.78 is 11.5. The van der Waals surface area contributed by atoms with Crippen LogP contribution in [0.3, 0.4) is 0 Å². The summed E-state index contributed by atoms with van der Waals surface area (Å²) >= 11 is 12.7. The zero-order valence-corrected chi connectivity index (χ0v) is 16.4. The van der Waals surface area contributed by atoms with Gasteiger partial charge in [-0.05, 0) is 42.0 Å². The monoisotopic (exact) mass is 390 g/mol. The Morgan fingerprint density at radius 1 is 1.19 bits per heavy atom. The van der Waals surface area contributed by atoms with E-state index in [1.165, 1.54) is 0 Å². The lowest BCUT2D eigenvalue weighted by atomic mass is 9.95. The molecule has 2 heterocycles. The number of hydrazone groups is 1. The Hall–Kier alpha value is -1.91. The topological polar surface area (TPSA) is 34.1 Å². The highest BCUT2D eigenvalue weighted by atomic mass is 35.5. The summed E-state index contributed by atoms with van der Waals surface area (Å²) in [5.74, 6) is 1.82. The average molecular weight is 391 g/mol. The molecule has 0 radical (unpaired) electrons. The van der Waals surface area contributed by atoms with Crippen molar-refractivity contribution in [1.82, 2.24) is 5.01 Å². The summed E-state index contributed by atoms with van der Waals surface area (Å²) in [5, 5.41) is 8.11. The van der Waals surface area contributed by atoms with Crippen LogP contribution in [-0.2, 0) is 0 Å². The minimum atomic E-state index is -0.165. The first kappa shape index (κ1) is 17.5. The van der Waals surface area contributed by atoms with E-state index >= 15 is 0 Å². The first-order valence-electron chi connectivity index (χ1n) is 8.63. The maximum absolute atomic E-state index is 6.42. The highest BCUT2D eigenvalue weighted by Gasteiger charge is 2.42. The van der Waals surface area contributed by atoms with Crippen LogP contribution in [-0.4, -0.2) is 24.1 Å². The van der Waals surface area contributed by atoms with E-state index in [9.17, 15) is 0 Å².